The highest BCUT2D eigenvalue weighted by Crippen LogP contribution is 2.17. The van der Waals surface area contributed by atoms with E-state index < -0.39 is 0 Å². The van der Waals surface area contributed by atoms with E-state index >= 15 is 0 Å². The summed E-state index contributed by atoms with van der Waals surface area (Å²) < 4.78 is 0. The molecule has 2 aromatic rings. The molecule has 0 spiro atoms. The minimum Gasteiger partial charge on any atom is -0.149 e. The molecule has 0 aromatic carbocycles. The van der Waals surface area contributed by atoms with E-state index in [4.69, 9.17) is 0 Å². The van der Waals surface area contributed by atoms with Crippen LogP contribution in [0.5, 0.6) is 0 Å². The summed E-state index contributed by atoms with van der Waals surface area (Å²) in [4.78, 5) is 3.03. The number of rotatable bonds is 4. The average Bonchev–Trinajstić information content (AvgIpc) is 2.90. The van der Waals surface area contributed by atoms with Crippen LogP contribution >= 0.6 is 22.7 Å². The van der Waals surface area contributed by atoms with Crippen molar-refractivity contribution in [3.63, 3.8) is 0 Å². The third kappa shape index (κ3) is 7.54. The fraction of sp³-hybridized carbons (Fsp3) is 0.529. The second-order valence-corrected chi connectivity index (χ2v) is 7.89. The molecule has 0 fully saturated rings. The summed E-state index contributed by atoms with van der Waals surface area (Å²) in [6.07, 6.45) is 2.47. The van der Waals surface area contributed by atoms with E-state index in [1.165, 1.54) is 28.2 Å². The highest BCUT2D eigenvalue weighted by molar-refractivity contribution is 7.10. The third-order valence-corrected chi connectivity index (χ3v) is 4.56. The molecule has 0 aliphatic heterocycles. The van der Waals surface area contributed by atoms with Crippen molar-refractivity contribution in [2.24, 2.45) is 11.8 Å². The van der Waals surface area contributed by atoms with E-state index in [1.54, 1.807) is 0 Å². The topological polar surface area (TPSA) is 0 Å². The maximum Gasteiger partial charge on any atom is 0.00505 e. The molecule has 0 nitrogen and oxygen atoms in total. The number of aryl methyl sites for hydroxylation is 1. The van der Waals surface area contributed by atoms with Crippen molar-refractivity contribution in [1.29, 1.82) is 0 Å². The summed E-state index contributed by atoms with van der Waals surface area (Å²) in [5, 5.41) is 4.36. The van der Waals surface area contributed by atoms with Crippen molar-refractivity contribution in [3.8, 4) is 0 Å². The van der Waals surface area contributed by atoms with Gasteiger partial charge in [0.1, 0.15) is 0 Å². The Morgan fingerprint density at radius 3 is 2.00 bits per heavy atom. The molecule has 0 unspecified atom stereocenters. The first kappa shape index (κ1) is 16.5. The van der Waals surface area contributed by atoms with Crippen molar-refractivity contribution in [3.05, 3.63) is 44.3 Å². The Morgan fingerprint density at radius 2 is 1.58 bits per heavy atom. The highest BCUT2D eigenvalue weighted by atomic mass is 32.1. The zero-order valence-corrected chi connectivity index (χ0v) is 14.4. The van der Waals surface area contributed by atoms with Gasteiger partial charge in [-0.15, -0.1) is 22.7 Å². The van der Waals surface area contributed by atoms with Crippen LogP contribution in [0, 0.1) is 18.8 Å². The predicted molar refractivity (Wildman–Crippen MR) is 90.5 cm³/mol. The van der Waals surface area contributed by atoms with Crippen LogP contribution in [0.4, 0.5) is 0 Å². The van der Waals surface area contributed by atoms with Gasteiger partial charge in [-0.25, -0.2) is 0 Å². The fourth-order valence-electron chi connectivity index (χ4n) is 1.83. The molecular formula is C17H26S2. The fourth-order valence-corrected chi connectivity index (χ4v) is 3.84. The van der Waals surface area contributed by atoms with Crippen molar-refractivity contribution >= 4 is 22.7 Å². The Morgan fingerprint density at radius 1 is 0.947 bits per heavy atom. The summed E-state index contributed by atoms with van der Waals surface area (Å²) in [5.74, 6) is 1.58. The summed E-state index contributed by atoms with van der Waals surface area (Å²) in [6.45, 7) is 11.2. The SMILES string of the molecule is CC(C)Cc1cccs1.Cc1csc(CC(C)C)c1. The molecule has 2 rings (SSSR count). The van der Waals surface area contributed by atoms with E-state index in [-0.39, 0.29) is 0 Å². The monoisotopic (exact) mass is 294 g/mol. The van der Waals surface area contributed by atoms with Gasteiger partial charge in [0.25, 0.3) is 0 Å². The Labute approximate surface area is 126 Å². The van der Waals surface area contributed by atoms with Gasteiger partial charge in [-0.1, -0.05) is 33.8 Å². The van der Waals surface area contributed by atoms with Gasteiger partial charge < -0.3 is 0 Å². The summed E-state index contributed by atoms with van der Waals surface area (Å²) in [7, 11) is 0. The first-order valence-corrected chi connectivity index (χ1v) is 8.79. The Balaban J connectivity index is 0.000000191. The van der Waals surface area contributed by atoms with Gasteiger partial charge in [0.05, 0.1) is 0 Å². The van der Waals surface area contributed by atoms with Gasteiger partial charge in [0.2, 0.25) is 0 Å². The molecule has 2 heteroatoms. The molecule has 0 aliphatic rings. The number of hydrogen-bond acceptors (Lipinski definition) is 2. The summed E-state index contributed by atoms with van der Waals surface area (Å²) in [5.41, 5.74) is 1.40. The van der Waals surface area contributed by atoms with Crippen LogP contribution in [-0.2, 0) is 12.8 Å². The van der Waals surface area contributed by atoms with Crippen LogP contribution in [0.25, 0.3) is 0 Å². The molecule has 0 amide bonds. The highest BCUT2D eigenvalue weighted by Gasteiger charge is 1.98. The van der Waals surface area contributed by atoms with Crippen molar-refractivity contribution in [2.75, 3.05) is 0 Å². The normalized spacial score (nSPS) is 10.7. The van der Waals surface area contributed by atoms with E-state index in [2.05, 4.69) is 63.6 Å². The van der Waals surface area contributed by atoms with E-state index in [9.17, 15) is 0 Å². The van der Waals surface area contributed by atoms with Gasteiger partial charge >= 0.3 is 0 Å². The molecule has 2 aromatic heterocycles. The molecular weight excluding hydrogens is 268 g/mol. The number of thiophene rings is 2. The Kier molecular flexibility index (Phi) is 7.40. The molecule has 0 N–H and O–H groups in total. The molecule has 2 heterocycles. The molecule has 19 heavy (non-hydrogen) atoms. The minimum atomic E-state index is 0.790. The van der Waals surface area contributed by atoms with Gasteiger partial charge in [0.15, 0.2) is 0 Å². The van der Waals surface area contributed by atoms with Crippen LogP contribution < -0.4 is 0 Å². The molecule has 0 radical (unpaired) electrons. The molecule has 0 saturated carbocycles. The van der Waals surface area contributed by atoms with Crippen LogP contribution in [0.3, 0.4) is 0 Å². The lowest BCUT2D eigenvalue weighted by Crippen LogP contribution is -1.89. The second kappa shape index (κ2) is 8.55. The van der Waals surface area contributed by atoms with Crippen molar-refractivity contribution in [2.45, 2.75) is 47.5 Å². The van der Waals surface area contributed by atoms with Gasteiger partial charge in [-0.3, -0.25) is 0 Å². The standard InChI is InChI=1S/C9H14S.C8H12S/c1-7(2)4-9-5-8(3)6-10-9;1-7(2)6-8-4-3-5-9-8/h5-7H,4H2,1-3H3;3-5,7H,6H2,1-2H3. The van der Waals surface area contributed by atoms with E-state index in [1.807, 2.05) is 22.7 Å². The minimum absolute atomic E-state index is 0.790. The van der Waals surface area contributed by atoms with Gasteiger partial charge in [-0.2, -0.15) is 0 Å². The molecule has 0 bridgehead atoms. The van der Waals surface area contributed by atoms with Crippen molar-refractivity contribution < 1.29 is 0 Å². The Bertz CT molecular complexity index is 436. The van der Waals surface area contributed by atoms with Crippen LogP contribution in [-0.4, -0.2) is 0 Å². The van der Waals surface area contributed by atoms with Crippen molar-refractivity contribution in [1.82, 2.24) is 0 Å². The first-order chi connectivity index (χ1) is 8.97. The predicted octanol–water partition coefficient (Wildman–Crippen LogP) is 6.20. The number of hydrogen-bond donors (Lipinski definition) is 0. The quantitative estimate of drug-likeness (QED) is 0.629. The largest absolute Gasteiger partial charge is 0.149 e. The first-order valence-electron chi connectivity index (χ1n) is 7.03. The lowest BCUT2D eigenvalue weighted by atomic mass is 10.1. The van der Waals surface area contributed by atoms with Crippen LogP contribution in [0.2, 0.25) is 0 Å². The van der Waals surface area contributed by atoms with Gasteiger partial charge in [-0.05, 0) is 60.1 Å². The average molecular weight is 295 g/mol. The van der Waals surface area contributed by atoms with Gasteiger partial charge in [0, 0.05) is 9.75 Å². The molecule has 106 valence electrons. The maximum absolute atomic E-state index is 2.28. The lowest BCUT2D eigenvalue weighted by molar-refractivity contribution is 0.654. The van der Waals surface area contributed by atoms with Crippen LogP contribution in [0.15, 0.2) is 29.0 Å². The second-order valence-electron chi connectivity index (χ2n) is 5.87. The van der Waals surface area contributed by atoms with Crippen LogP contribution in [0.1, 0.15) is 43.0 Å². The summed E-state index contributed by atoms with van der Waals surface area (Å²) in [6, 6.07) is 6.59. The molecule has 0 aliphatic carbocycles. The Hall–Kier alpha value is -0.600. The maximum atomic E-state index is 2.28. The summed E-state index contributed by atoms with van der Waals surface area (Å²) >= 11 is 3.73. The third-order valence-electron chi connectivity index (χ3n) is 2.58. The lowest BCUT2D eigenvalue weighted by Gasteiger charge is -1.98. The molecule has 0 saturated heterocycles. The van der Waals surface area contributed by atoms with E-state index in [0.717, 1.165) is 11.8 Å². The zero-order valence-electron chi connectivity index (χ0n) is 12.8. The van der Waals surface area contributed by atoms with E-state index in [0.29, 0.717) is 0 Å². The zero-order chi connectivity index (χ0) is 14.3. The smallest absolute Gasteiger partial charge is 0.00505 e. The molecule has 0 atom stereocenters.